The molecule has 0 fully saturated rings. The van der Waals surface area contributed by atoms with Crippen LogP contribution in [0.25, 0.3) is 6.08 Å². The van der Waals surface area contributed by atoms with Crippen LogP contribution in [0.1, 0.15) is 26.4 Å². The van der Waals surface area contributed by atoms with E-state index in [0.29, 0.717) is 5.56 Å². The molecule has 2 N–H and O–H groups in total. The predicted octanol–water partition coefficient (Wildman–Crippen LogP) is 4.77. The number of benzene rings is 2. The quantitative estimate of drug-likeness (QED) is 0.630. The van der Waals surface area contributed by atoms with E-state index in [1.54, 1.807) is 30.3 Å². The van der Waals surface area contributed by atoms with Gasteiger partial charge in [0.15, 0.2) is 0 Å². The first-order valence-corrected chi connectivity index (χ1v) is 9.41. The lowest BCUT2D eigenvalue weighted by Gasteiger charge is -2.13. The fourth-order valence-corrected chi connectivity index (χ4v) is 3.26. The summed E-state index contributed by atoms with van der Waals surface area (Å²) in [7, 11) is 0. The van der Waals surface area contributed by atoms with Gasteiger partial charge < -0.3 is 10.6 Å². The lowest BCUT2D eigenvalue weighted by Crippen LogP contribution is -2.30. The molecule has 4 nitrogen and oxygen atoms in total. The second-order valence-electron chi connectivity index (χ2n) is 6.17. The molecular formula is C22H20N2O2S. The van der Waals surface area contributed by atoms with Crippen LogP contribution in [-0.4, -0.2) is 11.8 Å². The Morgan fingerprint density at radius 2 is 1.74 bits per heavy atom. The first-order chi connectivity index (χ1) is 13.0. The molecule has 0 bridgehead atoms. The van der Waals surface area contributed by atoms with Crippen molar-refractivity contribution in [2.24, 2.45) is 0 Å². The molecule has 3 aromatic rings. The second kappa shape index (κ2) is 8.47. The fraction of sp³-hybridized carbons (Fsp3) is 0.0909. The van der Waals surface area contributed by atoms with Crippen molar-refractivity contribution in [2.75, 3.05) is 5.32 Å². The van der Waals surface area contributed by atoms with Gasteiger partial charge in [0.1, 0.15) is 5.70 Å². The Kier molecular flexibility index (Phi) is 5.84. The average molecular weight is 376 g/mol. The topological polar surface area (TPSA) is 58.2 Å². The van der Waals surface area contributed by atoms with Gasteiger partial charge in [-0.05, 0) is 55.1 Å². The molecule has 0 saturated carbocycles. The van der Waals surface area contributed by atoms with Crippen LogP contribution in [0.4, 0.5) is 5.69 Å². The highest BCUT2D eigenvalue weighted by Gasteiger charge is 2.16. The number of amides is 2. The van der Waals surface area contributed by atoms with E-state index in [1.165, 1.54) is 11.3 Å². The Balaban J connectivity index is 1.85. The first-order valence-electron chi connectivity index (χ1n) is 8.53. The summed E-state index contributed by atoms with van der Waals surface area (Å²) in [5, 5.41) is 7.55. The van der Waals surface area contributed by atoms with Crippen LogP contribution in [0.3, 0.4) is 0 Å². The number of aryl methyl sites for hydroxylation is 2. The molecule has 0 spiro atoms. The molecule has 1 aromatic heterocycles. The maximum absolute atomic E-state index is 12.9. The number of rotatable bonds is 5. The van der Waals surface area contributed by atoms with Crippen LogP contribution in [0.2, 0.25) is 0 Å². The van der Waals surface area contributed by atoms with Gasteiger partial charge in [0.05, 0.1) is 0 Å². The molecule has 0 atom stereocenters. The molecule has 0 aliphatic rings. The normalized spacial score (nSPS) is 11.1. The largest absolute Gasteiger partial charge is 0.320 e. The van der Waals surface area contributed by atoms with Crippen LogP contribution in [-0.2, 0) is 4.79 Å². The van der Waals surface area contributed by atoms with Crippen molar-refractivity contribution in [3.05, 3.63) is 93.3 Å². The highest BCUT2D eigenvalue weighted by atomic mass is 32.1. The number of carbonyl (C=O) groups excluding carboxylic acids is 2. The van der Waals surface area contributed by atoms with Crippen LogP contribution < -0.4 is 10.6 Å². The lowest BCUT2D eigenvalue weighted by atomic mass is 10.1. The molecule has 1 heterocycles. The van der Waals surface area contributed by atoms with E-state index in [9.17, 15) is 9.59 Å². The molecule has 3 rings (SSSR count). The van der Waals surface area contributed by atoms with Gasteiger partial charge in [0.25, 0.3) is 11.8 Å². The Bertz CT molecular complexity index is 977. The van der Waals surface area contributed by atoms with Crippen molar-refractivity contribution < 1.29 is 9.59 Å². The zero-order valence-corrected chi connectivity index (χ0v) is 16.0. The highest BCUT2D eigenvalue weighted by Crippen LogP contribution is 2.18. The summed E-state index contributed by atoms with van der Waals surface area (Å²) in [6.07, 6.45) is 1.68. The van der Waals surface area contributed by atoms with Crippen molar-refractivity contribution in [3.63, 3.8) is 0 Å². The van der Waals surface area contributed by atoms with Gasteiger partial charge >= 0.3 is 0 Å². The number of hydrogen-bond donors (Lipinski definition) is 2. The molecule has 0 aliphatic heterocycles. The Hall–Kier alpha value is -3.18. The van der Waals surface area contributed by atoms with Gasteiger partial charge in [-0.1, -0.05) is 42.0 Å². The van der Waals surface area contributed by atoms with Crippen molar-refractivity contribution in [2.45, 2.75) is 13.8 Å². The predicted molar refractivity (Wildman–Crippen MR) is 111 cm³/mol. The van der Waals surface area contributed by atoms with Gasteiger partial charge in [0.2, 0.25) is 0 Å². The standard InChI is InChI=1S/C22H20N2O2S/c1-15-10-11-19(16(2)13-15)23-22(26)20(14-18-9-6-12-27-18)24-21(25)17-7-4-3-5-8-17/h3-14H,1-2H3,(H,23,26)(H,24,25). The summed E-state index contributed by atoms with van der Waals surface area (Å²) in [5.74, 6) is -0.686. The minimum atomic E-state index is -0.361. The molecule has 0 radical (unpaired) electrons. The van der Waals surface area contributed by atoms with Crippen molar-refractivity contribution in [1.29, 1.82) is 0 Å². The van der Waals surface area contributed by atoms with Gasteiger partial charge in [-0.15, -0.1) is 11.3 Å². The van der Waals surface area contributed by atoms with Gasteiger partial charge in [-0.25, -0.2) is 0 Å². The molecule has 2 aromatic carbocycles. The SMILES string of the molecule is Cc1ccc(NC(=O)C(=Cc2cccs2)NC(=O)c2ccccc2)c(C)c1. The maximum atomic E-state index is 12.9. The molecule has 2 amide bonds. The molecular weight excluding hydrogens is 356 g/mol. The Labute approximate surface area is 162 Å². The van der Waals surface area contributed by atoms with E-state index >= 15 is 0 Å². The first kappa shape index (κ1) is 18.6. The van der Waals surface area contributed by atoms with Crippen LogP contribution >= 0.6 is 11.3 Å². The van der Waals surface area contributed by atoms with Crippen molar-refractivity contribution >= 4 is 34.9 Å². The number of carbonyl (C=O) groups is 2. The Morgan fingerprint density at radius 3 is 2.41 bits per heavy atom. The number of nitrogens with one attached hydrogen (secondary N) is 2. The average Bonchev–Trinajstić information content (AvgIpc) is 3.17. The van der Waals surface area contributed by atoms with Crippen LogP contribution in [0, 0.1) is 13.8 Å². The third-order valence-corrected chi connectivity index (χ3v) is 4.81. The number of thiophene rings is 1. The van der Waals surface area contributed by atoms with Crippen molar-refractivity contribution in [1.82, 2.24) is 5.32 Å². The van der Waals surface area contributed by atoms with E-state index in [1.807, 2.05) is 55.6 Å². The minimum absolute atomic E-state index is 0.200. The summed E-state index contributed by atoms with van der Waals surface area (Å²) < 4.78 is 0. The third-order valence-electron chi connectivity index (χ3n) is 3.99. The molecule has 0 unspecified atom stereocenters. The summed E-state index contributed by atoms with van der Waals surface area (Å²) in [4.78, 5) is 26.3. The van der Waals surface area contributed by atoms with Gasteiger partial charge in [-0.2, -0.15) is 0 Å². The summed E-state index contributed by atoms with van der Waals surface area (Å²) >= 11 is 1.50. The summed E-state index contributed by atoms with van der Waals surface area (Å²) in [6.45, 7) is 3.94. The van der Waals surface area contributed by atoms with E-state index in [0.717, 1.165) is 21.7 Å². The fourth-order valence-electron chi connectivity index (χ4n) is 2.60. The minimum Gasteiger partial charge on any atom is -0.320 e. The summed E-state index contributed by atoms with van der Waals surface area (Å²) in [5.41, 5.74) is 3.50. The van der Waals surface area contributed by atoms with E-state index in [2.05, 4.69) is 10.6 Å². The van der Waals surface area contributed by atoms with Crippen LogP contribution in [0.15, 0.2) is 71.7 Å². The maximum Gasteiger partial charge on any atom is 0.272 e. The molecule has 0 aliphatic carbocycles. The van der Waals surface area contributed by atoms with E-state index < -0.39 is 0 Å². The zero-order chi connectivity index (χ0) is 19.2. The van der Waals surface area contributed by atoms with Crippen LogP contribution in [0.5, 0.6) is 0 Å². The van der Waals surface area contributed by atoms with Gasteiger partial charge in [0, 0.05) is 16.1 Å². The number of anilines is 1. The zero-order valence-electron chi connectivity index (χ0n) is 15.2. The second-order valence-corrected chi connectivity index (χ2v) is 7.15. The smallest absolute Gasteiger partial charge is 0.272 e. The highest BCUT2D eigenvalue weighted by molar-refractivity contribution is 7.10. The molecule has 5 heteroatoms. The van der Waals surface area contributed by atoms with Gasteiger partial charge in [-0.3, -0.25) is 9.59 Å². The monoisotopic (exact) mass is 376 g/mol. The van der Waals surface area contributed by atoms with E-state index in [-0.39, 0.29) is 17.5 Å². The molecule has 136 valence electrons. The molecule has 27 heavy (non-hydrogen) atoms. The Morgan fingerprint density at radius 1 is 0.963 bits per heavy atom. The molecule has 0 saturated heterocycles. The van der Waals surface area contributed by atoms with E-state index in [4.69, 9.17) is 0 Å². The number of hydrogen-bond acceptors (Lipinski definition) is 3. The third kappa shape index (κ3) is 4.92. The summed E-state index contributed by atoms with van der Waals surface area (Å²) in [6, 6.07) is 18.4. The van der Waals surface area contributed by atoms with Crippen molar-refractivity contribution in [3.8, 4) is 0 Å². The lowest BCUT2D eigenvalue weighted by molar-refractivity contribution is -0.113.